The van der Waals surface area contributed by atoms with Gasteiger partial charge in [-0.2, -0.15) is 8.78 Å². The number of rotatable bonds is 7. The van der Waals surface area contributed by atoms with Gasteiger partial charge in [0.25, 0.3) is 5.76 Å². The molecule has 0 aromatic heterocycles. The van der Waals surface area contributed by atoms with Gasteiger partial charge in [0.1, 0.15) is 0 Å². The molecule has 0 aliphatic carbocycles. The lowest BCUT2D eigenvalue weighted by Crippen LogP contribution is -2.36. The number of hydrogen-bond donors (Lipinski definition) is 2. The van der Waals surface area contributed by atoms with Gasteiger partial charge in [0.2, 0.25) is 0 Å². The van der Waals surface area contributed by atoms with Crippen molar-refractivity contribution in [3.05, 3.63) is 60.2 Å². The molecule has 0 aliphatic rings. The van der Waals surface area contributed by atoms with Crippen molar-refractivity contribution >= 4 is 34.8 Å². The number of nitrogens with one attached hydrogen (secondary N) is 2. The Hall–Kier alpha value is -1.70. The Morgan fingerprint density at radius 3 is 2.28 bits per heavy atom. The molecular weight excluding hydrogens is 360 g/mol. The number of halogens is 2. The van der Waals surface area contributed by atoms with E-state index >= 15 is 0 Å². The highest BCUT2D eigenvalue weighted by atomic mass is 32.2. The van der Waals surface area contributed by atoms with Crippen LogP contribution in [0.3, 0.4) is 0 Å². The molecule has 0 heterocycles. The van der Waals surface area contributed by atoms with Crippen LogP contribution in [0.15, 0.2) is 59.5 Å². The van der Waals surface area contributed by atoms with Gasteiger partial charge in [-0.1, -0.05) is 42.1 Å². The minimum absolute atomic E-state index is 0.186. The molecule has 0 fully saturated rings. The van der Waals surface area contributed by atoms with E-state index in [9.17, 15) is 8.78 Å². The predicted molar refractivity (Wildman–Crippen MR) is 105 cm³/mol. The lowest BCUT2D eigenvalue weighted by atomic mass is 10.1. The second kappa shape index (κ2) is 9.70. The molecule has 3 nitrogen and oxygen atoms in total. The fraction of sp³-hybridized carbons (Fsp3) is 0.278. The van der Waals surface area contributed by atoms with Gasteiger partial charge in [0.15, 0.2) is 5.11 Å². The summed E-state index contributed by atoms with van der Waals surface area (Å²) in [5.41, 5.74) is 1.97. The molecule has 0 aliphatic heterocycles. The average molecular weight is 382 g/mol. The van der Waals surface area contributed by atoms with Crippen LogP contribution in [0.5, 0.6) is 0 Å². The summed E-state index contributed by atoms with van der Waals surface area (Å²) in [6.45, 7) is 0.655. The minimum atomic E-state index is -2.41. The molecule has 134 valence electrons. The zero-order valence-corrected chi connectivity index (χ0v) is 15.7. The van der Waals surface area contributed by atoms with Crippen molar-refractivity contribution in [2.75, 3.05) is 26.0 Å². The van der Waals surface area contributed by atoms with Crippen molar-refractivity contribution in [3.63, 3.8) is 0 Å². The number of benzene rings is 2. The van der Waals surface area contributed by atoms with Crippen LogP contribution in [-0.4, -0.2) is 36.4 Å². The van der Waals surface area contributed by atoms with Crippen LogP contribution in [-0.2, 0) is 0 Å². The predicted octanol–water partition coefficient (Wildman–Crippen LogP) is 4.59. The monoisotopic (exact) mass is 381 g/mol. The highest BCUT2D eigenvalue weighted by Gasteiger charge is 2.14. The molecular formula is C18H21F2N3S2. The Bertz CT molecular complexity index is 664. The molecule has 2 aromatic carbocycles. The second-order valence-electron chi connectivity index (χ2n) is 5.63. The fourth-order valence-corrected chi connectivity index (χ4v) is 3.06. The highest BCUT2D eigenvalue weighted by Crippen LogP contribution is 2.26. The van der Waals surface area contributed by atoms with Crippen molar-refractivity contribution in [2.45, 2.75) is 16.7 Å². The van der Waals surface area contributed by atoms with E-state index in [4.69, 9.17) is 12.2 Å². The van der Waals surface area contributed by atoms with E-state index < -0.39 is 5.76 Å². The topological polar surface area (TPSA) is 27.3 Å². The summed E-state index contributed by atoms with van der Waals surface area (Å²) in [5, 5.41) is 6.78. The highest BCUT2D eigenvalue weighted by molar-refractivity contribution is 7.99. The van der Waals surface area contributed by atoms with E-state index in [0.29, 0.717) is 28.3 Å². The van der Waals surface area contributed by atoms with Crippen molar-refractivity contribution in [1.82, 2.24) is 10.2 Å². The SMILES string of the molecule is CN(C)[C@@H](CNC(=S)Nc1ccc(SC(F)F)cc1)c1ccccc1. The number of likely N-dealkylation sites (N-methyl/N-ethyl adjacent to an activating group) is 1. The summed E-state index contributed by atoms with van der Waals surface area (Å²) < 4.78 is 24.6. The third kappa shape index (κ3) is 6.61. The van der Waals surface area contributed by atoms with Gasteiger partial charge >= 0.3 is 0 Å². The van der Waals surface area contributed by atoms with Crippen LogP contribution < -0.4 is 10.6 Å². The summed E-state index contributed by atoms with van der Waals surface area (Å²) in [6, 6.07) is 17.1. The van der Waals surface area contributed by atoms with E-state index in [1.165, 1.54) is 5.56 Å². The van der Waals surface area contributed by atoms with Gasteiger partial charge in [-0.3, -0.25) is 0 Å². The van der Waals surface area contributed by atoms with Gasteiger partial charge < -0.3 is 15.5 Å². The normalized spacial score (nSPS) is 12.2. The molecule has 0 saturated heterocycles. The van der Waals surface area contributed by atoms with Crippen molar-refractivity contribution in [2.24, 2.45) is 0 Å². The lowest BCUT2D eigenvalue weighted by molar-refractivity contribution is 0.252. The summed E-state index contributed by atoms with van der Waals surface area (Å²) in [6.07, 6.45) is 0. The smallest absolute Gasteiger partial charge is 0.288 e. The standard InChI is InChI=1S/C18H21F2N3S2/c1-23(2)16(13-6-4-3-5-7-13)12-21-18(24)22-14-8-10-15(11-9-14)25-17(19)20/h3-11,16-17H,12H2,1-2H3,(H2,21,22,24)/t16-/m0/s1. The van der Waals surface area contributed by atoms with Gasteiger partial charge in [-0.15, -0.1) is 0 Å². The van der Waals surface area contributed by atoms with Crippen molar-refractivity contribution in [1.29, 1.82) is 0 Å². The number of alkyl halides is 2. The van der Waals surface area contributed by atoms with Crippen LogP contribution in [0.25, 0.3) is 0 Å². The molecule has 2 aromatic rings. The number of nitrogens with zero attached hydrogens (tertiary/aromatic N) is 1. The molecule has 0 unspecified atom stereocenters. The lowest BCUT2D eigenvalue weighted by Gasteiger charge is -2.25. The Balaban J connectivity index is 1.89. The second-order valence-corrected chi connectivity index (χ2v) is 7.10. The van der Waals surface area contributed by atoms with E-state index in [1.54, 1.807) is 24.3 Å². The zero-order chi connectivity index (χ0) is 18.2. The first kappa shape index (κ1) is 19.6. The fourth-order valence-electron chi connectivity index (χ4n) is 2.36. The molecule has 0 amide bonds. The molecule has 0 radical (unpaired) electrons. The Morgan fingerprint density at radius 1 is 1.08 bits per heavy atom. The van der Waals surface area contributed by atoms with Gasteiger partial charge in [-0.05, 0) is 56.1 Å². The Morgan fingerprint density at radius 2 is 1.72 bits per heavy atom. The van der Waals surface area contributed by atoms with Crippen molar-refractivity contribution < 1.29 is 8.78 Å². The van der Waals surface area contributed by atoms with Gasteiger partial charge in [0.05, 0.1) is 6.04 Å². The molecule has 2 rings (SSSR count). The van der Waals surface area contributed by atoms with E-state index in [2.05, 4.69) is 27.7 Å². The maximum Gasteiger partial charge on any atom is 0.288 e. The van der Waals surface area contributed by atoms with Crippen molar-refractivity contribution in [3.8, 4) is 0 Å². The van der Waals surface area contributed by atoms with E-state index in [0.717, 1.165) is 5.69 Å². The summed E-state index contributed by atoms with van der Waals surface area (Å²) in [4.78, 5) is 2.65. The maximum atomic E-state index is 12.3. The maximum absolute atomic E-state index is 12.3. The van der Waals surface area contributed by atoms with Crippen LogP contribution in [0, 0.1) is 0 Å². The van der Waals surface area contributed by atoms with Crippen LogP contribution in [0.4, 0.5) is 14.5 Å². The summed E-state index contributed by atoms with van der Waals surface area (Å²) in [7, 11) is 4.05. The molecule has 1 atom stereocenters. The van der Waals surface area contributed by atoms with E-state index in [-0.39, 0.29) is 6.04 Å². The summed E-state index contributed by atoms with van der Waals surface area (Å²) >= 11 is 5.85. The number of thioether (sulfide) groups is 1. The largest absolute Gasteiger partial charge is 0.361 e. The quantitative estimate of drug-likeness (QED) is 0.540. The Labute approximate surface area is 156 Å². The van der Waals surface area contributed by atoms with Crippen LogP contribution in [0.1, 0.15) is 11.6 Å². The summed E-state index contributed by atoms with van der Waals surface area (Å²) in [5.74, 6) is -2.41. The number of thiocarbonyl (C=S) groups is 1. The third-order valence-electron chi connectivity index (χ3n) is 3.60. The molecule has 25 heavy (non-hydrogen) atoms. The molecule has 2 N–H and O–H groups in total. The first-order chi connectivity index (χ1) is 12.0. The van der Waals surface area contributed by atoms with Gasteiger partial charge in [0, 0.05) is 17.1 Å². The number of anilines is 1. The van der Waals surface area contributed by atoms with Crippen LogP contribution >= 0.6 is 24.0 Å². The molecule has 7 heteroatoms. The molecule has 0 saturated carbocycles. The first-order valence-electron chi connectivity index (χ1n) is 7.77. The Kier molecular flexibility index (Phi) is 7.61. The molecule has 0 spiro atoms. The average Bonchev–Trinajstić information content (AvgIpc) is 2.57. The number of hydrogen-bond acceptors (Lipinski definition) is 3. The molecule has 0 bridgehead atoms. The van der Waals surface area contributed by atoms with Crippen LogP contribution in [0.2, 0.25) is 0 Å². The van der Waals surface area contributed by atoms with E-state index in [1.807, 2.05) is 32.3 Å². The zero-order valence-electron chi connectivity index (χ0n) is 14.1. The first-order valence-corrected chi connectivity index (χ1v) is 9.05. The van der Waals surface area contributed by atoms with Gasteiger partial charge in [-0.25, -0.2) is 0 Å². The minimum Gasteiger partial charge on any atom is -0.361 e. The third-order valence-corrected chi connectivity index (χ3v) is 4.57.